The summed E-state index contributed by atoms with van der Waals surface area (Å²) in [5.41, 5.74) is 1.43. The predicted molar refractivity (Wildman–Crippen MR) is 72.2 cm³/mol. The van der Waals surface area contributed by atoms with Crippen LogP contribution in [0.3, 0.4) is 0 Å². The first-order valence-electron chi connectivity index (χ1n) is 6.32. The molecule has 1 atom stereocenters. The maximum Gasteiger partial charge on any atom is 0.326 e. The van der Waals surface area contributed by atoms with E-state index in [1.54, 1.807) is 0 Å². The minimum Gasteiger partial charge on any atom is -0.480 e. The molecule has 1 aromatic carbocycles. The molecule has 2 rings (SSSR count). The lowest BCUT2D eigenvalue weighted by Gasteiger charge is -2.21. The molecule has 1 unspecified atom stereocenters. The first-order chi connectivity index (χ1) is 9.49. The Morgan fingerprint density at radius 2 is 2.10 bits per heavy atom. The van der Waals surface area contributed by atoms with Gasteiger partial charge in [0, 0.05) is 19.9 Å². The van der Waals surface area contributed by atoms with Gasteiger partial charge in [-0.15, -0.1) is 0 Å². The van der Waals surface area contributed by atoms with Crippen LogP contribution >= 0.6 is 0 Å². The highest BCUT2D eigenvalue weighted by Gasteiger charge is 2.21. The molecule has 0 saturated heterocycles. The zero-order valence-electron chi connectivity index (χ0n) is 11.4. The van der Waals surface area contributed by atoms with Gasteiger partial charge in [-0.05, 0) is 19.1 Å². The van der Waals surface area contributed by atoms with Crippen molar-refractivity contribution in [3.63, 3.8) is 0 Å². The number of carboxylic acid groups (broad SMARTS) is 1. The van der Waals surface area contributed by atoms with Crippen molar-refractivity contribution in [2.24, 2.45) is 0 Å². The number of carbonyl (C=O) groups excluding carboxylic acids is 1. The quantitative estimate of drug-likeness (QED) is 0.898. The summed E-state index contributed by atoms with van der Waals surface area (Å²) in [4.78, 5) is 28.2. The lowest BCUT2D eigenvalue weighted by molar-refractivity contribution is -0.148. The minimum absolute atomic E-state index is 0.168. The van der Waals surface area contributed by atoms with E-state index in [4.69, 9.17) is 9.52 Å². The van der Waals surface area contributed by atoms with Gasteiger partial charge >= 0.3 is 5.97 Å². The molecule has 0 aliphatic heterocycles. The number of hydrogen-bond donors (Lipinski definition) is 1. The Kier molecular flexibility index (Phi) is 4.02. The molecule has 2 aromatic rings. The number of amides is 1. The van der Waals surface area contributed by atoms with Gasteiger partial charge in [0.1, 0.15) is 11.6 Å². The third-order valence-electron chi connectivity index (χ3n) is 3.22. The number of oxazole rings is 1. The van der Waals surface area contributed by atoms with Gasteiger partial charge in [-0.25, -0.2) is 9.78 Å². The molecule has 1 N–H and O–H groups in total. The Balaban J connectivity index is 1.97. The molecule has 0 fully saturated rings. The van der Waals surface area contributed by atoms with Gasteiger partial charge in [0.25, 0.3) is 0 Å². The molecule has 1 heterocycles. The van der Waals surface area contributed by atoms with E-state index < -0.39 is 12.0 Å². The summed E-state index contributed by atoms with van der Waals surface area (Å²) < 4.78 is 5.51. The van der Waals surface area contributed by atoms with Crippen molar-refractivity contribution >= 4 is 23.0 Å². The molecular formula is C14H16N2O4. The third-order valence-corrected chi connectivity index (χ3v) is 3.22. The molecule has 20 heavy (non-hydrogen) atoms. The predicted octanol–water partition coefficient (Wildman–Crippen LogP) is 1.69. The number of carboxylic acids is 1. The first kappa shape index (κ1) is 14.0. The summed E-state index contributed by atoms with van der Waals surface area (Å²) >= 11 is 0. The van der Waals surface area contributed by atoms with Crippen molar-refractivity contribution in [2.45, 2.75) is 25.8 Å². The second-order valence-corrected chi connectivity index (χ2v) is 4.59. The van der Waals surface area contributed by atoms with Crippen molar-refractivity contribution in [3.8, 4) is 0 Å². The highest BCUT2D eigenvalue weighted by molar-refractivity contribution is 5.83. The zero-order chi connectivity index (χ0) is 14.7. The van der Waals surface area contributed by atoms with Crippen molar-refractivity contribution in [1.82, 2.24) is 9.88 Å². The summed E-state index contributed by atoms with van der Waals surface area (Å²) in [7, 11) is 1.48. The first-order valence-corrected chi connectivity index (χ1v) is 6.32. The zero-order valence-corrected chi connectivity index (χ0v) is 11.4. The van der Waals surface area contributed by atoms with E-state index in [2.05, 4.69) is 4.98 Å². The van der Waals surface area contributed by atoms with E-state index in [1.807, 2.05) is 24.3 Å². The van der Waals surface area contributed by atoms with Crippen LogP contribution in [0.5, 0.6) is 0 Å². The van der Waals surface area contributed by atoms with Gasteiger partial charge in [0.2, 0.25) is 5.91 Å². The number of likely N-dealkylation sites (N-methyl/N-ethyl adjacent to an activating group) is 1. The Morgan fingerprint density at radius 3 is 2.75 bits per heavy atom. The maximum atomic E-state index is 11.9. The normalized spacial score (nSPS) is 12.3. The third kappa shape index (κ3) is 2.96. The van der Waals surface area contributed by atoms with Crippen molar-refractivity contribution in [2.75, 3.05) is 7.05 Å². The molecular weight excluding hydrogens is 260 g/mol. The second kappa shape index (κ2) is 5.73. The van der Waals surface area contributed by atoms with E-state index in [-0.39, 0.29) is 12.3 Å². The fourth-order valence-electron chi connectivity index (χ4n) is 1.80. The number of benzene rings is 1. The average Bonchev–Trinajstić information content (AvgIpc) is 2.85. The lowest BCUT2D eigenvalue weighted by Crippen LogP contribution is -2.40. The van der Waals surface area contributed by atoms with Gasteiger partial charge < -0.3 is 14.4 Å². The van der Waals surface area contributed by atoms with Crippen LogP contribution < -0.4 is 0 Å². The molecule has 1 amide bonds. The number of aromatic nitrogens is 1. The van der Waals surface area contributed by atoms with E-state index >= 15 is 0 Å². The molecule has 0 aliphatic rings. The van der Waals surface area contributed by atoms with Crippen LogP contribution in [0.1, 0.15) is 19.2 Å². The van der Waals surface area contributed by atoms with Crippen LogP contribution in [0, 0.1) is 0 Å². The van der Waals surface area contributed by atoms with Crippen molar-refractivity contribution < 1.29 is 19.1 Å². The van der Waals surface area contributed by atoms with Crippen molar-refractivity contribution in [3.05, 3.63) is 30.2 Å². The Labute approximate surface area is 116 Å². The fraction of sp³-hybridized carbons (Fsp3) is 0.357. The van der Waals surface area contributed by atoms with Crippen LogP contribution in [-0.4, -0.2) is 40.0 Å². The van der Waals surface area contributed by atoms with E-state index in [0.29, 0.717) is 17.9 Å². The smallest absolute Gasteiger partial charge is 0.326 e. The summed E-state index contributed by atoms with van der Waals surface area (Å²) in [5, 5.41) is 8.86. The topological polar surface area (TPSA) is 83.6 Å². The SMILES string of the molecule is CC(C(=O)O)N(C)C(=O)CCc1nc2ccccc2o1. The Morgan fingerprint density at radius 1 is 1.40 bits per heavy atom. The van der Waals surface area contributed by atoms with Crippen LogP contribution in [0.2, 0.25) is 0 Å². The number of aliphatic carboxylic acids is 1. The Bertz CT molecular complexity index is 602. The molecule has 106 valence electrons. The van der Waals surface area contributed by atoms with E-state index in [1.165, 1.54) is 18.9 Å². The summed E-state index contributed by atoms with van der Waals surface area (Å²) in [6, 6.07) is 6.52. The number of nitrogens with zero attached hydrogens (tertiary/aromatic N) is 2. The van der Waals surface area contributed by atoms with Gasteiger partial charge in [0.05, 0.1) is 0 Å². The molecule has 6 heteroatoms. The number of rotatable bonds is 5. The van der Waals surface area contributed by atoms with Crippen LogP contribution in [0.25, 0.3) is 11.1 Å². The van der Waals surface area contributed by atoms with Gasteiger partial charge in [-0.2, -0.15) is 0 Å². The second-order valence-electron chi connectivity index (χ2n) is 4.59. The molecule has 1 aromatic heterocycles. The number of hydrogen-bond acceptors (Lipinski definition) is 4. The van der Waals surface area contributed by atoms with Crippen LogP contribution in [0.15, 0.2) is 28.7 Å². The molecule has 0 saturated carbocycles. The average molecular weight is 276 g/mol. The molecule has 0 aliphatic carbocycles. The minimum atomic E-state index is -1.03. The van der Waals surface area contributed by atoms with Crippen LogP contribution in [-0.2, 0) is 16.0 Å². The van der Waals surface area contributed by atoms with Gasteiger partial charge in [0.15, 0.2) is 11.5 Å². The standard InChI is InChI=1S/C14H16N2O4/c1-9(14(18)19)16(2)13(17)8-7-12-15-10-5-3-4-6-11(10)20-12/h3-6,9H,7-8H2,1-2H3,(H,18,19). The molecule has 0 radical (unpaired) electrons. The highest BCUT2D eigenvalue weighted by Crippen LogP contribution is 2.16. The summed E-state index contributed by atoms with van der Waals surface area (Å²) in [6.45, 7) is 1.47. The largest absolute Gasteiger partial charge is 0.480 e. The highest BCUT2D eigenvalue weighted by atomic mass is 16.4. The number of fused-ring (bicyclic) bond motifs is 1. The number of carbonyl (C=O) groups is 2. The van der Waals surface area contributed by atoms with E-state index in [9.17, 15) is 9.59 Å². The summed E-state index contributed by atoms with van der Waals surface area (Å²) in [5.74, 6) is -0.791. The van der Waals surface area contributed by atoms with Gasteiger partial charge in [-0.3, -0.25) is 4.79 Å². The monoisotopic (exact) mass is 276 g/mol. The number of aryl methyl sites for hydroxylation is 1. The molecule has 0 spiro atoms. The van der Waals surface area contributed by atoms with Crippen molar-refractivity contribution in [1.29, 1.82) is 0 Å². The summed E-state index contributed by atoms with van der Waals surface area (Å²) in [6.07, 6.45) is 0.519. The molecule has 0 bridgehead atoms. The molecule has 6 nitrogen and oxygen atoms in total. The maximum absolute atomic E-state index is 11.9. The number of para-hydroxylation sites is 2. The lowest BCUT2D eigenvalue weighted by atomic mass is 10.2. The Hall–Kier alpha value is -2.37. The van der Waals surface area contributed by atoms with E-state index in [0.717, 1.165) is 5.52 Å². The fourth-order valence-corrected chi connectivity index (χ4v) is 1.80. The van der Waals surface area contributed by atoms with Crippen LogP contribution in [0.4, 0.5) is 0 Å². The van der Waals surface area contributed by atoms with Gasteiger partial charge in [-0.1, -0.05) is 12.1 Å².